The van der Waals surface area contributed by atoms with Gasteiger partial charge in [-0.1, -0.05) is 6.07 Å². The number of amides is 2. The third kappa shape index (κ3) is 3.12. The number of nitrogens with one attached hydrogen (secondary N) is 1. The molecule has 7 nitrogen and oxygen atoms in total. The highest BCUT2D eigenvalue weighted by molar-refractivity contribution is 5.99. The molecule has 0 saturated carbocycles. The van der Waals surface area contributed by atoms with E-state index >= 15 is 0 Å². The number of carbonyl (C=O) groups is 2. The number of methoxy groups -OCH3 is 1. The van der Waals surface area contributed by atoms with Gasteiger partial charge >= 0.3 is 0 Å². The van der Waals surface area contributed by atoms with Crippen molar-refractivity contribution in [2.24, 2.45) is 0 Å². The summed E-state index contributed by atoms with van der Waals surface area (Å²) in [7, 11) is 1.64. The van der Waals surface area contributed by atoms with Crippen LogP contribution < -0.4 is 15.0 Å². The number of imidazole rings is 1. The van der Waals surface area contributed by atoms with Gasteiger partial charge in [0.05, 0.1) is 13.0 Å². The van der Waals surface area contributed by atoms with Crippen molar-refractivity contribution >= 4 is 23.2 Å². The summed E-state index contributed by atoms with van der Waals surface area (Å²) in [4.78, 5) is 31.0. The van der Waals surface area contributed by atoms with Crippen LogP contribution in [-0.2, 0) is 9.59 Å². The largest absolute Gasteiger partial charge is 0.497 e. The zero-order valence-electron chi connectivity index (χ0n) is 16.7. The van der Waals surface area contributed by atoms with Gasteiger partial charge < -0.3 is 19.5 Å². The molecular formula is C23H22N4O3. The molecule has 0 bridgehead atoms. The van der Waals surface area contributed by atoms with Crippen molar-refractivity contribution < 1.29 is 14.3 Å². The van der Waals surface area contributed by atoms with Gasteiger partial charge in [0.1, 0.15) is 11.6 Å². The maximum atomic E-state index is 12.5. The Morgan fingerprint density at radius 1 is 1.10 bits per heavy atom. The van der Waals surface area contributed by atoms with E-state index in [4.69, 9.17) is 4.74 Å². The van der Waals surface area contributed by atoms with Gasteiger partial charge in [0.15, 0.2) is 0 Å². The Morgan fingerprint density at radius 3 is 2.63 bits per heavy atom. The Hall–Kier alpha value is -3.61. The minimum Gasteiger partial charge on any atom is -0.497 e. The number of rotatable bonds is 4. The molecular weight excluding hydrogens is 380 g/mol. The number of aromatic nitrogens is 2. The highest BCUT2D eigenvalue weighted by atomic mass is 16.5. The van der Waals surface area contributed by atoms with Gasteiger partial charge in [-0.25, -0.2) is 4.98 Å². The standard InChI is InChI=1S/C23H22N4O3/c1-30-17-7-4-15(5-8-17)27-12-10-24-23(27)19-14-21(28)25-20-13-16(6-9-18(19)20)26-11-2-3-22(26)29/h4-10,12-13,19H,2-3,11,14H2,1H3,(H,25,28). The molecule has 1 atom stereocenters. The van der Waals surface area contributed by atoms with E-state index in [0.29, 0.717) is 12.8 Å². The third-order valence-corrected chi connectivity index (χ3v) is 5.79. The molecule has 3 heterocycles. The molecule has 3 aromatic rings. The van der Waals surface area contributed by atoms with Gasteiger partial charge in [0, 0.05) is 48.8 Å². The van der Waals surface area contributed by atoms with E-state index in [9.17, 15) is 9.59 Å². The summed E-state index contributed by atoms with van der Waals surface area (Å²) >= 11 is 0. The minimum absolute atomic E-state index is 0.0540. The smallest absolute Gasteiger partial charge is 0.227 e. The number of fused-ring (bicyclic) bond motifs is 1. The SMILES string of the molecule is COc1ccc(-n2ccnc2C2CC(=O)Nc3cc(N4CCCC4=O)ccc32)cc1. The first kappa shape index (κ1) is 18.4. The van der Waals surface area contributed by atoms with Crippen molar-refractivity contribution in [3.63, 3.8) is 0 Å². The van der Waals surface area contributed by atoms with E-state index < -0.39 is 0 Å². The van der Waals surface area contributed by atoms with Crippen LogP contribution in [0.2, 0.25) is 0 Å². The zero-order valence-corrected chi connectivity index (χ0v) is 16.7. The van der Waals surface area contributed by atoms with Gasteiger partial charge in [0.2, 0.25) is 11.8 Å². The molecule has 1 unspecified atom stereocenters. The van der Waals surface area contributed by atoms with E-state index in [1.54, 1.807) is 18.2 Å². The normalized spacial score (nSPS) is 18.3. The van der Waals surface area contributed by atoms with E-state index in [1.165, 1.54) is 0 Å². The lowest BCUT2D eigenvalue weighted by Crippen LogP contribution is -2.27. The molecule has 5 rings (SSSR count). The summed E-state index contributed by atoms with van der Waals surface area (Å²) in [6, 6.07) is 13.6. The van der Waals surface area contributed by atoms with Crippen molar-refractivity contribution in [2.75, 3.05) is 23.9 Å². The Morgan fingerprint density at radius 2 is 1.90 bits per heavy atom. The maximum absolute atomic E-state index is 12.5. The minimum atomic E-state index is -0.172. The van der Waals surface area contributed by atoms with Gasteiger partial charge in [-0.05, 0) is 48.4 Å². The lowest BCUT2D eigenvalue weighted by molar-refractivity contribution is -0.117. The van der Waals surface area contributed by atoms with Gasteiger partial charge in [-0.15, -0.1) is 0 Å². The molecule has 1 saturated heterocycles. The van der Waals surface area contributed by atoms with Crippen molar-refractivity contribution in [3.05, 3.63) is 66.2 Å². The fourth-order valence-corrected chi connectivity index (χ4v) is 4.31. The van der Waals surface area contributed by atoms with Crippen LogP contribution in [0.25, 0.3) is 5.69 Å². The van der Waals surface area contributed by atoms with E-state index in [2.05, 4.69) is 10.3 Å². The first-order valence-electron chi connectivity index (χ1n) is 10.1. The topological polar surface area (TPSA) is 76.5 Å². The number of benzene rings is 2. The van der Waals surface area contributed by atoms with Crippen LogP contribution in [0.15, 0.2) is 54.9 Å². The van der Waals surface area contributed by atoms with Crippen LogP contribution in [0, 0.1) is 0 Å². The third-order valence-electron chi connectivity index (χ3n) is 5.79. The summed E-state index contributed by atoms with van der Waals surface area (Å²) in [6.07, 6.45) is 5.42. The monoisotopic (exact) mass is 402 g/mol. The highest BCUT2D eigenvalue weighted by Gasteiger charge is 2.31. The Kier molecular flexibility index (Phi) is 4.50. The average Bonchev–Trinajstić information content (AvgIpc) is 3.42. The highest BCUT2D eigenvalue weighted by Crippen LogP contribution is 2.39. The van der Waals surface area contributed by atoms with Crippen LogP contribution in [0.1, 0.15) is 36.6 Å². The lowest BCUT2D eigenvalue weighted by atomic mass is 9.89. The number of ether oxygens (including phenoxy) is 1. The van der Waals surface area contributed by atoms with E-state index in [1.807, 2.05) is 53.2 Å². The molecule has 1 fully saturated rings. The fraction of sp³-hybridized carbons (Fsp3) is 0.261. The van der Waals surface area contributed by atoms with Gasteiger partial charge in [-0.3, -0.25) is 9.59 Å². The first-order valence-corrected chi connectivity index (χ1v) is 10.1. The summed E-state index contributed by atoms with van der Waals surface area (Å²) < 4.78 is 7.25. The van der Waals surface area contributed by atoms with Crippen molar-refractivity contribution in [1.82, 2.24) is 9.55 Å². The zero-order chi connectivity index (χ0) is 20.7. The molecule has 0 spiro atoms. The number of carbonyl (C=O) groups excluding carboxylic acids is 2. The molecule has 2 amide bonds. The molecule has 7 heteroatoms. The number of hydrogen-bond acceptors (Lipinski definition) is 4. The van der Waals surface area contributed by atoms with Crippen molar-refractivity contribution in [1.29, 1.82) is 0 Å². The number of nitrogens with zero attached hydrogens (tertiary/aromatic N) is 3. The molecule has 2 aromatic carbocycles. The predicted molar refractivity (Wildman–Crippen MR) is 113 cm³/mol. The molecule has 1 N–H and O–H groups in total. The quantitative estimate of drug-likeness (QED) is 0.725. The summed E-state index contributed by atoms with van der Waals surface area (Å²) in [5.74, 6) is 1.49. The van der Waals surface area contributed by atoms with Crippen LogP contribution in [0.3, 0.4) is 0 Å². The summed E-state index contributed by atoms with van der Waals surface area (Å²) in [5.41, 5.74) is 3.54. The van der Waals surface area contributed by atoms with Gasteiger partial charge in [0.25, 0.3) is 0 Å². The summed E-state index contributed by atoms with van der Waals surface area (Å²) in [6.45, 7) is 0.719. The van der Waals surface area contributed by atoms with E-state index in [0.717, 1.165) is 47.2 Å². The van der Waals surface area contributed by atoms with Crippen LogP contribution in [0.4, 0.5) is 11.4 Å². The second-order valence-electron chi connectivity index (χ2n) is 7.58. The predicted octanol–water partition coefficient (Wildman–Crippen LogP) is 3.48. The average molecular weight is 402 g/mol. The maximum Gasteiger partial charge on any atom is 0.227 e. The lowest BCUT2D eigenvalue weighted by Gasteiger charge is -2.27. The molecule has 30 heavy (non-hydrogen) atoms. The van der Waals surface area contributed by atoms with Crippen LogP contribution >= 0.6 is 0 Å². The van der Waals surface area contributed by atoms with Crippen LogP contribution in [-0.4, -0.2) is 35.0 Å². The Balaban J connectivity index is 1.53. The molecule has 0 radical (unpaired) electrons. The molecule has 0 aliphatic carbocycles. The molecule has 2 aliphatic rings. The Labute approximate surface area is 174 Å². The number of hydrogen-bond donors (Lipinski definition) is 1. The fourth-order valence-electron chi connectivity index (χ4n) is 4.31. The second kappa shape index (κ2) is 7.33. The van der Waals surface area contributed by atoms with Crippen LogP contribution in [0.5, 0.6) is 5.75 Å². The van der Waals surface area contributed by atoms with Gasteiger partial charge in [-0.2, -0.15) is 0 Å². The summed E-state index contributed by atoms with van der Waals surface area (Å²) in [5, 5.41) is 2.97. The van der Waals surface area contributed by atoms with E-state index in [-0.39, 0.29) is 17.7 Å². The molecule has 2 aliphatic heterocycles. The number of anilines is 2. The van der Waals surface area contributed by atoms with Crippen molar-refractivity contribution in [2.45, 2.75) is 25.2 Å². The Bertz CT molecular complexity index is 1120. The second-order valence-corrected chi connectivity index (χ2v) is 7.58. The van der Waals surface area contributed by atoms with Crippen molar-refractivity contribution in [3.8, 4) is 11.4 Å². The molecule has 152 valence electrons. The molecule has 1 aromatic heterocycles. The first-order chi connectivity index (χ1) is 14.6.